The zero-order chi connectivity index (χ0) is 17.7. The van der Waals surface area contributed by atoms with Crippen molar-refractivity contribution in [2.45, 2.75) is 6.54 Å². The molecule has 8 heteroatoms. The summed E-state index contributed by atoms with van der Waals surface area (Å²) >= 11 is 5.80. The molecule has 2 aromatic rings. The second kappa shape index (κ2) is 7.83. The molecule has 0 bridgehead atoms. The molecule has 4 nitrogen and oxygen atoms in total. The van der Waals surface area contributed by atoms with E-state index in [0.717, 1.165) is 18.2 Å². The van der Waals surface area contributed by atoms with Gasteiger partial charge in [-0.25, -0.2) is 18.0 Å². The highest BCUT2D eigenvalue weighted by Crippen LogP contribution is 2.16. The number of carbonyl (C=O) groups excluding carboxylic acids is 2. The van der Waals surface area contributed by atoms with Gasteiger partial charge in [-0.2, -0.15) is 0 Å². The van der Waals surface area contributed by atoms with Crippen molar-refractivity contribution in [3.8, 4) is 0 Å². The van der Waals surface area contributed by atoms with E-state index >= 15 is 0 Å². The van der Waals surface area contributed by atoms with Gasteiger partial charge in [0, 0.05) is 11.6 Å². The first kappa shape index (κ1) is 17.8. The van der Waals surface area contributed by atoms with Gasteiger partial charge in [0.2, 0.25) is 0 Å². The van der Waals surface area contributed by atoms with Crippen LogP contribution in [0.1, 0.15) is 15.9 Å². The van der Waals surface area contributed by atoms with E-state index in [2.05, 4.69) is 10.1 Å². The molecule has 2 rings (SSSR count). The Morgan fingerprint density at radius 1 is 1.04 bits per heavy atom. The molecule has 0 saturated carbocycles. The van der Waals surface area contributed by atoms with Crippen LogP contribution >= 0.6 is 11.6 Å². The van der Waals surface area contributed by atoms with Crippen LogP contribution in [-0.2, 0) is 16.1 Å². The maximum absolute atomic E-state index is 13.4. The molecule has 0 atom stereocenters. The molecule has 0 aliphatic heterocycles. The number of esters is 1. The molecule has 0 aliphatic carbocycles. The van der Waals surface area contributed by atoms with Gasteiger partial charge in [-0.05, 0) is 35.9 Å². The first-order valence-corrected chi connectivity index (χ1v) is 7.07. The van der Waals surface area contributed by atoms with E-state index in [-0.39, 0.29) is 11.6 Å². The Hall–Kier alpha value is -2.54. The van der Waals surface area contributed by atoms with Crippen LogP contribution in [0, 0.1) is 17.5 Å². The Morgan fingerprint density at radius 3 is 2.42 bits per heavy atom. The summed E-state index contributed by atoms with van der Waals surface area (Å²) in [7, 11) is 0. The second-order valence-corrected chi connectivity index (χ2v) is 5.12. The van der Waals surface area contributed by atoms with Gasteiger partial charge >= 0.3 is 5.97 Å². The number of hydrogen-bond donors (Lipinski definition) is 1. The van der Waals surface area contributed by atoms with Crippen molar-refractivity contribution < 1.29 is 27.5 Å². The summed E-state index contributed by atoms with van der Waals surface area (Å²) in [5.74, 6) is -4.12. The molecule has 126 valence electrons. The third kappa shape index (κ3) is 4.73. The summed E-state index contributed by atoms with van der Waals surface area (Å²) in [5, 5.41) is 2.53. The van der Waals surface area contributed by atoms with Crippen molar-refractivity contribution in [1.82, 2.24) is 5.32 Å². The highest BCUT2D eigenvalue weighted by molar-refractivity contribution is 6.31. The van der Waals surface area contributed by atoms with Gasteiger partial charge in [0.25, 0.3) is 5.91 Å². The Kier molecular flexibility index (Phi) is 5.81. The molecule has 0 aromatic heterocycles. The maximum Gasteiger partial charge on any atom is 0.341 e. The molecule has 0 heterocycles. The molecule has 2 aromatic carbocycles. The van der Waals surface area contributed by atoms with Crippen molar-refractivity contribution in [2.24, 2.45) is 0 Å². The monoisotopic (exact) mass is 357 g/mol. The van der Waals surface area contributed by atoms with E-state index in [4.69, 9.17) is 11.6 Å². The quantitative estimate of drug-likeness (QED) is 0.836. The maximum atomic E-state index is 13.4. The average Bonchev–Trinajstić information content (AvgIpc) is 2.54. The third-order valence-corrected chi connectivity index (χ3v) is 3.33. The van der Waals surface area contributed by atoms with Crippen molar-refractivity contribution in [3.63, 3.8) is 0 Å². The number of carbonyl (C=O) groups is 2. The molecule has 0 fully saturated rings. The Balaban J connectivity index is 1.86. The highest BCUT2D eigenvalue weighted by atomic mass is 35.5. The number of halogens is 4. The van der Waals surface area contributed by atoms with Crippen molar-refractivity contribution in [1.29, 1.82) is 0 Å². The SMILES string of the molecule is O=C(COC(=O)c1cc(F)ccc1F)NCc1ccc(F)cc1Cl. The minimum absolute atomic E-state index is 0.0101. The summed E-state index contributed by atoms with van der Waals surface area (Å²) in [6, 6.07) is 5.98. The van der Waals surface area contributed by atoms with Gasteiger partial charge in [0.1, 0.15) is 17.5 Å². The number of ether oxygens (including phenoxy) is 1. The highest BCUT2D eigenvalue weighted by Gasteiger charge is 2.16. The second-order valence-electron chi connectivity index (χ2n) is 4.71. The fourth-order valence-electron chi connectivity index (χ4n) is 1.77. The van der Waals surface area contributed by atoms with Gasteiger partial charge in [0.15, 0.2) is 6.61 Å². The molecule has 0 spiro atoms. The van der Waals surface area contributed by atoms with E-state index in [1.807, 2.05) is 0 Å². The van der Waals surface area contributed by atoms with Crippen LogP contribution in [0.2, 0.25) is 5.02 Å². The number of rotatable bonds is 5. The van der Waals surface area contributed by atoms with Crippen molar-refractivity contribution in [3.05, 3.63) is 70.0 Å². The van der Waals surface area contributed by atoms with Crippen LogP contribution < -0.4 is 5.32 Å². The lowest BCUT2D eigenvalue weighted by molar-refractivity contribution is -0.124. The van der Waals surface area contributed by atoms with Crippen LogP contribution in [0.4, 0.5) is 13.2 Å². The summed E-state index contributed by atoms with van der Waals surface area (Å²) in [4.78, 5) is 23.2. The van der Waals surface area contributed by atoms with E-state index in [1.54, 1.807) is 0 Å². The summed E-state index contributed by atoms with van der Waals surface area (Å²) in [6.07, 6.45) is 0. The van der Waals surface area contributed by atoms with Gasteiger partial charge in [-0.15, -0.1) is 0 Å². The van der Waals surface area contributed by atoms with Gasteiger partial charge in [-0.1, -0.05) is 17.7 Å². The standard InChI is InChI=1S/C16H11ClF3NO3/c17-13-6-11(19)2-1-9(13)7-21-15(22)8-24-16(23)12-5-10(18)3-4-14(12)20/h1-6H,7-8H2,(H,21,22). The molecule has 1 amide bonds. The lowest BCUT2D eigenvalue weighted by Crippen LogP contribution is -2.28. The van der Waals surface area contributed by atoms with Crippen LogP contribution in [0.5, 0.6) is 0 Å². The van der Waals surface area contributed by atoms with E-state index < -0.39 is 41.5 Å². The van der Waals surface area contributed by atoms with E-state index in [9.17, 15) is 22.8 Å². The Labute approximate surface area is 140 Å². The first-order chi connectivity index (χ1) is 11.4. The Morgan fingerprint density at radius 2 is 1.71 bits per heavy atom. The minimum atomic E-state index is -1.16. The molecule has 0 aliphatic rings. The summed E-state index contributed by atoms with van der Waals surface area (Å²) < 4.78 is 43.9. The van der Waals surface area contributed by atoms with Gasteiger partial charge < -0.3 is 10.1 Å². The van der Waals surface area contributed by atoms with Crippen LogP contribution in [0.3, 0.4) is 0 Å². The normalized spacial score (nSPS) is 10.3. The third-order valence-electron chi connectivity index (χ3n) is 2.97. The molecule has 24 heavy (non-hydrogen) atoms. The van der Waals surface area contributed by atoms with Gasteiger partial charge in [-0.3, -0.25) is 4.79 Å². The summed E-state index contributed by atoms with van der Waals surface area (Å²) in [6.45, 7) is -0.697. The first-order valence-electron chi connectivity index (χ1n) is 6.69. The van der Waals surface area contributed by atoms with E-state index in [0.29, 0.717) is 11.6 Å². The molecular formula is C16H11ClF3NO3. The molecule has 0 unspecified atom stereocenters. The zero-order valence-corrected chi connectivity index (χ0v) is 12.9. The average molecular weight is 358 g/mol. The Bertz CT molecular complexity index is 783. The fraction of sp³-hybridized carbons (Fsp3) is 0.125. The number of nitrogens with one attached hydrogen (secondary N) is 1. The molecule has 0 saturated heterocycles. The van der Waals surface area contributed by atoms with Crippen LogP contribution in [0.15, 0.2) is 36.4 Å². The smallest absolute Gasteiger partial charge is 0.341 e. The predicted octanol–water partition coefficient (Wildman–Crippen LogP) is 3.23. The van der Waals surface area contributed by atoms with Crippen LogP contribution in [-0.4, -0.2) is 18.5 Å². The van der Waals surface area contributed by atoms with Crippen molar-refractivity contribution >= 4 is 23.5 Å². The minimum Gasteiger partial charge on any atom is -0.452 e. The number of hydrogen-bond acceptors (Lipinski definition) is 3. The predicted molar refractivity (Wildman–Crippen MR) is 79.9 cm³/mol. The summed E-state index contributed by atoms with van der Waals surface area (Å²) in [5.41, 5.74) is -0.140. The van der Waals surface area contributed by atoms with E-state index in [1.165, 1.54) is 12.1 Å². The van der Waals surface area contributed by atoms with Crippen molar-refractivity contribution in [2.75, 3.05) is 6.61 Å². The molecule has 1 N–H and O–H groups in total. The number of amides is 1. The lowest BCUT2D eigenvalue weighted by atomic mass is 10.2. The van der Waals surface area contributed by atoms with Crippen LogP contribution in [0.25, 0.3) is 0 Å². The molecular weight excluding hydrogens is 347 g/mol. The largest absolute Gasteiger partial charge is 0.452 e. The topological polar surface area (TPSA) is 55.4 Å². The number of benzene rings is 2. The fourth-order valence-corrected chi connectivity index (χ4v) is 2.01. The molecule has 0 radical (unpaired) electrons. The van der Waals surface area contributed by atoms with Gasteiger partial charge in [0.05, 0.1) is 5.56 Å². The lowest BCUT2D eigenvalue weighted by Gasteiger charge is -2.08. The zero-order valence-electron chi connectivity index (χ0n) is 12.1.